The average Bonchev–Trinajstić information content (AvgIpc) is 2.94. The molecule has 0 atom stereocenters. The van der Waals surface area contributed by atoms with E-state index < -0.39 is 5.97 Å². The third kappa shape index (κ3) is 3.97. The predicted molar refractivity (Wildman–Crippen MR) is 84.5 cm³/mol. The molecule has 0 aromatic heterocycles. The van der Waals surface area contributed by atoms with Gasteiger partial charge in [0.2, 0.25) is 0 Å². The maximum Gasteiger partial charge on any atom is 0.323 e. The highest BCUT2D eigenvalue weighted by molar-refractivity contribution is 9.10. The van der Waals surface area contributed by atoms with Crippen LogP contribution in [0.2, 0.25) is 0 Å². The van der Waals surface area contributed by atoms with Crippen LogP contribution in [0.25, 0.3) is 0 Å². The van der Waals surface area contributed by atoms with Crippen molar-refractivity contribution in [1.29, 1.82) is 0 Å². The quantitative estimate of drug-likeness (QED) is 0.867. The van der Waals surface area contributed by atoms with Gasteiger partial charge in [-0.15, -0.1) is 0 Å². The van der Waals surface area contributed by atoms with E-state index in [2.05, 4.69) is 21.2 Å². The number of nitrogens with one attached hydrogen (secondary N) is 1. The topological polar surface area (TPSA) is 69.6 Å². The van der Waals surface area contributed by atoms with E-state index in [1.165, 1.54) is 4.90 Å². The van der Waals surface area contributed by atoms with Crippen molar-refractivity contribution in [2.45, 2.75) is 38.6 Å². The van der Waals surface area contributed by atoms with Crippen LogP contribution in [0.15, 0.2) is 22.7 Å². The summed E-state index contributed by atoms with van der Waals surface area (Å²) >= 11 is 3.42. The highest BCUT2D eigenvalue weighted by atomic mass is 79.9. The zero-order valence-electron chi connectivity index (χ0n) is 11.9. The van der Waals surface area contributed by atoms with E-state index in [9.17, 15) is 9.59 Å². The smallest absolute Gasteiger partial charge is 0.323 e. The molecule has 1 fully saturated rings. The van der Waals surface area contributed by atoms with Crippen molar-refractivity contribution in [2.24, 2.45) is 0 Å². The van der Waals surface area contributed by atoms with Gasteiger partial charge < -0.3 is 15.3 Å². The molecule has 6 heteroatoms. The van der Waals surface area contributed by atoms with E-state index in [1.54, 1.807) is 0 Å². The number of hydrogen-bond acceptors (Lipinski definition) is 2. The molecule has 5 nitrogen and oxygen atoms in total. The van der Waals surface area contributed by atoms with Crippen LogP contribution in [0.3, 0.4) is 0 Å². The summed E-state index contributed by atoms with van der Waals surface area (Å²) in [7, 11) is 0. The number of carboxylic acid groups (broad SMARTS) is 1. The summed E-state index contributed by atoms with van der Waals surface area (Å²) in [5.41, 5.74) is 1.62. The summed E-state index contributed by atoms with van der Waals surface area (Å²) in [6.45, 7) is 1.64. The van der Waals surface area contributed by atoms with Gasteiger partial charge in [0.25, 0.3) is 0 Å². The Bertz CT molecular complexity index is 542. The predicted octanol–water partition coefficient (Wildman–Crippen LogP) is 3.62. The van der Waals surface area contributed by atoms with Gasteiger partial charge in [-0.1, -0.05) is 34.8 Å². The van der Waals surface area contributed by atoms with Gasteiger partial charge >= 0.3 is 12.0 Å². The number of amides is 2. The summed E-state index contributed by atoms with van der Waals surface area (Å²) in [6, 6.07) is 5.23. The van der Waals surface area contributed by atoms with Gasteiger partial charge in [0.15, 0.2) is 0 Å². The van der Waals surface area contributed by atoms with Crippen LogP contribution in [0, 0.1) is 6.92 Å². The van der Waals surface area contributed by atoms with E-state index in [-0.39, 0.29) is 18.6 Å². The molecule has 2 N–H and O–H groups in total. The Balaban J connectivity index is 2.14. The van der Waals surface area contributed by atoms with Gasteiger partial charge in [0, 0.05) is 16.2 Å². The first-order valence-corrected chi connectivity index (χ1v) is 7.83. The van der Waals surface area contributed by atoms with Crippen LogP contribution < -0.4 is 5.32 Å². The molecule has 0 radical (unpaired) electrons. The second-order valence-corrected chi connectivity index (χ2v) is 6.16. The lowest BCUT2D eigenvalue weighted by molar-refractivity contribution is -0.138. The molecular formula is C15H19BrN2O3. The lowest BCUT2D eigenvalue weighted by Crippen LogP contribution is -2.44. The zero-order chi connectivity index (χ0) is 15.4. The summed E-state index contributed by atoms with van der Waals surface area (Å²) in [5, 5.41) is 11.9. The number of halogens is 1. The Hall–Kier alpha value is -1.56. The molecule has 1 aromatic carbocycles. The minimum Gasteiger partial charge on any atom is -0.480 e. The highest BCUT2D eigenvalue weighted by Crippen LogP contribution is 2.26. The zero-order valence-corrected chi connectivity index (χ0v) is 13.5. The van der Waals surface area contributed by atoms with Crippen LogP contribution in [-0.2, 0) is 4.79 Å². The fourth-order valence-corrected chi connectivity index (χ4v) is 3.02. The molecular weight excluding hydrogens is 336 g/mol. The number of nitrogens with zero attached hydrogens (tertiary/aromatic N) is 1. The number of anilines is 1. The largest absolute Gasteiger partial charge is 0.480 e. The second-order valence-electron chi connectivity index (χ2n) is 5.30. The monoisotopic (exact) mass is 354 g/mol. The minimum atomic E-state index is -0.983. The van der Waals surface area contributed by atoms with Crippen molar-refractivity contribution in [2.75, 3.05) is 11.9 Å². The molecule has 2 amide bonds. The van der Waals surface area contributed by atoms with E-state index >= 15 is 0 Å². The summed E-state index contributed by atoms with van der Waals surface area (Å²) in [5.74, 6) is -0.983. The maximum atomic E-state index is 12.4. The van der Waals surface area contributed by atoms with Crippen LogP contribution in [0.5, 0.6) is 0 Å². The Morgan fingerprint density at radius 2 is 2.05 bits per heavy atom. The van der Waals surface area contributed by atoms with Gasteiger partial charge in [-0.05, 0) is 37.5 Å². The Morgan fingerprint density at radius 1 is 1.38 bits per heavy atom. The molecule has 0 unspecified atom stereocenters. The average molecular weight is 355 g/mol. The van der Waals surface area contributed by atoms with E-state index in [1.807, 2.05) is 25.1 Å². The molecule has 0 saturated heterocycles. The van der Waals surface area contributed by atoms with Gasteiger partial charge in [0.05, 0.1) is 0 Å². The van der Waals surface area contributed by atoms with E-state index in [0.29, 0.717) is 5.69 Å². The van der Waals surface area contributed by atoms with Crippen molar-refractivity contribution < 1.29 is 14.7 Å². The lowest BCUT2D eigenvalue weighted by Gasteiger charge is -2.27. The number of rotatable bonds is 4. The molecule has 21 heavy (non-hydrogen) atoms. The maximum absolute atomic E-state index is 12.4. The number of benzene rings is 1. The fraction of sp³-hybridized carbons (Fsp3) is 0.467. The third-order valence-corrected chi connectivity index (χ3v) is 4.70. The molecule has 1 aliphatic rings. The fourth-order valence-electron chi connectivity index (χ4n) is 2.66. The van der Waals surface area contributed by atoms with Gasteiger partial charge in [0.1, 0.15) is 6.54 Å². The number of hydrogen-bond donors (Lipinski definition) is 2. The molecule has 0 spiro atoms. The molecule has 0 aliphatic heterocycles. The third-order valence-electron chi connectivity index (χ3n) is 3.84. The second kappa shape index (κ2) is 6.93. The number of aliphatic carboxylic acids is 1. The van der Waals surface area contributed by atoms with Crippen molar-refractivity contribution in [3.8, 4) is 0 Å². The lowest BCUT2D eigenvalue weighted by atomic mass is 10.2. The van der Waals surface area contributed by atoms with Crippen molar-refractivity contribution in [3.63, 3.8) is 0 Å². The van der Waals surface area contributed by atoms with Gasteiger partial charge in [-0.25, -0.2) is 4.79 Å². The van der Waals surface area contributed by atoms with E-state index in [0.717, 1.165) is 35.7 Å². The molecule has 0 heterocycles. The molecule has 1 aromatic rings. The summed E-state index contributed by atoms with van der Waals surface area (Å²) in [4.78, 5) is 24.9. The van der Waals surface area contributed by atoms with Crippen LogP contribution in [0.4, 0.5) is 10.5 Å². The first kappa shape index (κ1) is 15.8. The first-order valence-electron chi connectivity index (χ1n) is 7.03. The van der Waals surface area contributed by atoms with Crippen molar-refractivity contribution >= 4 is 33.6 Å². The van der Waals surface area contributed by atoms with Crippen LogP contribution >= 0.6 is 15.9 Å². The molecule has 0 bridgehead atoms. The Kier molecular flexibility index (Phi) is 5.22. The van der Waals surface area contributed by atoms with Crippen molar-refractivity contribution in [3.05, 3.63) is 28.2 Å². The van der Waals surface area contributed by atoms with Crippen LogP contribution in [-0.4, -0.2) is 34.6 Å². The minimum absolute atomic E-state index is 0.0218. The molecule has 114 valence electrons. The normalized spacial score (nSPS) is 15.0. The van der Waals surface area contributed by atoms with Crippen LogP contribution in [0.1, 0.15) is 31.2 Å². The van der Waals surface area contributed by atoms with Gasteiger partial charge in [-0.3, -0.25) is 4.79 Å². The molecule has 1 aliphatic carbocycles. The van der Waals surface area contributed by atoms with E-state index in [4.69, 9.17) is 5.11 Å². The Labute approximate surface area is 132 Å². The number of carbonyl (C=O) groups excluding carboxylic acids is 1. The first-order chi connectivity index (χ1) is 9.99. The molecule has 1 saturated carbocycles. The Morgan fingerprint density at radius 3 is 2.67 bits per heavy atom. The van der Waals surface area contributed by atoms with Crippen molar-refractivity contribution in [1.82, 2.24) is 4.90 Å². The standard InChI is InChI=1S/C15H19BrN2O3/c1-10-12(16)7-4-8-13(10)17-15(21)18(9-14(19)20)11-5-2-3-6-11/h4,7-8,11H,2-3,5-6,9H2,1H3,(H,17,21)(H,19,20). The highest BCUT2D eigenvalue weighted by Gasteiger charge is 2.28. The van der Waals surface area contributed by atoms with Gasteiger partial charge in [-0.2, -0.15) is 0 Å². The number of carbonyl (C=O) groups is 2. The number of carboxylic acids is 1. The molecule has 2 rings (SSSR count). The number of urea groups is 1. The SMILES string of the molecule is Cc1c(Br)cccc1NC(=O)N(CC(=O)O)C1CCCC1. The summed E-state index contributed by atoms with van der Waals surface area (Å²) < 4.78 is 0.908. The summed E-state index contributed by atoms with van der Waals surface area (Å²) in [6.07, 6.45) is 3.84.